The van der Waals surface area contributed by atoms with Crippen molar-refractivity contribution in [2.75, 3.05) is 6.61 Å². The van der Waals surface area contributed by atoms with Crippen LogP contribution in [-0.4, -0.2) is 16.6 Å². The van der Waals surface area contributed by atoms with Crippen LogP contribution in [0.4, 0.5) is 0 Å². The van der Waals surface area contributed by atoms with Gasteiger partial charge in [-0.2, -0.15) is 0 Å². The number of ether oxygens (including phenoxy) is 1. The van der Waals surface area contributed by atoms with Crippen molar-refractivity contribution < 1.29 is 4.74 Å². The molecule has 14 heavy (non-hydrogen) atoms. The van der Waals surface area contributed by atoms with Crippen LogP contribution in [0.5, 0.6) is 0 Å². The summed E-state index contributed by atoms with van der Waals surface area (Å²) in [4.78, 5) is 7.42. The molecule has 0 saturated carbocycles. The number of aromatic nitrogens is 2. The van der Waals surface area contributed by atoms with E-state index in [1.165, 1.54) is 0 Å². The number of nitrogens with one attached hydrogen (secondary N) is 1. The molecule has 0 aliphatic carbocycles. The summed E-state index contributed by atoms with van der Waals surface area (Å²) in [5.74, 6) is 1.36. The summed E-state index contributed by atoms with van der Waals surface area (Å²) in [6, 6.07) is 0. The van der Waals surface area contributed by atoms with Crippen LogP contribution in [0.2, 0.25) is 0 Å². The minimum Gasteiger partial charge on any atom is -0.371 e. The molecule has 1 N–H and O–H groups in total. The lowest BCUT2D eigenvalue weighted by molar-refractivity contribution is 0.0499. The fourth-order valence-corrected chi connectivity index (χ4v) is 1.51. The first-order valence-corrected chi connectivity index (χ1v) is 5.56. The molecule has 0 bridgehead atoms. The van der Waals surface area contributed by atoms with Gasteiger partial charge in [0.1, 0.15) is 11.9 Å². The van der Waals surface area contributed by atoms with Gasteiger partial charge in [-0.15, -0.1) is 11.6 Å². The predicted octanol–water partition coefficient (Wildman–Crippen LogP) is 3.03. The molecule has 1 unspecified atom stereocenters. The second-order valence-electron chi connectivity index (χ2n) is 3.16. The summed E-state index contributed by atoms with van der Waals surface area (Å²) in [5.41, 5.74) is 0.947. The first kappa shape index (κ1) is 11.5. The quantitative estimate of drug-likeness (QED) is 0.743. The molecule has 0 fully saturated rings. The van der Waals surface area contributed by atoms with Crippen molar-refractivity contribution in [3.05, 3.63) is 17.7 Å². The van der Waals surface area contributed by atoms with Gasteiger partial charge in [-0.3, -0.25) is 0 Å². The lowest BCUT2D eigenvalue weighted by Gasteiger charge is -2.13. The van der Waals surface area contributed by atoms with Gasteiger partial charge in [-0.25, -0.2) is 4.98 Å². The third-order valence-electron chi connectivity index (χ3n) is 2.02. The second kappa shape index (κ2) is 6.04. The number of H-pyrrole nitrogens is 1. The largest absolute Gasteiger partial charge is 0.371 e. The number of nitrogens with zero attached hydrogens (tertiary/aromatic N) is 1. The number of aromatic amines is 1. The third kappa shape index (κ3) is 3.00. The van der Waals surface area contributed by atoms with Crippen molar-refractivity contribution in [3.63, 3.8) is 0 Å². The number of halogens is 1. The van der Waals surface area contributed by atoms with E-state index in [2.05, 4.69) is 16.9 Å². The van der Waals surface area contributed by atoms with Gasteiger partial charge in [0, 0.05) is 18.5 Å². The minimum absolute atomic E-state index is 0.0852. The van der Waals surface area contributed by atoms with E-state index in [9.17, 15) is 0 Å². The molecule has 0 spiro atoms. The van der Waals surface area contributed by atoms with E-state index < -0.39 is 0 Å². The number of hydrogen-bond acceptors (Lipinski definition) is 2. The van der Waals surface area contributed by atoms with Crippen molar-refractivity contribution in [3.8, 4) is 0 Å². The van der Waals surface area contributed by atoms with Crippen molar-refractivity contribution in [1.82, 2.24) is 9.97 Å². The van der Waals surface area contributed by atoms with E-state index in [1.54, 1.807) is 6.20 Å². The van der Waals surface area contributed by atoms with Crippen LogP contribution >= 0.6 is 11.6 Å². The Balaban J connectivity index is 2.65. The molecule has 0 aromatic carbocycles. The molecule has 1 aromatic heterocycles. The zero-order chi connectivity index (χ0) is 10.4. The van der Waals surface area contributed by atoms with Crippen LogP contribution in [0, 0.1) is 0 Å². The molecule has 0 saturated heterocycles. The lowest BCUT2D eigenvalue weighted by atomic mass is 10.2. The Labute approximate surface area is 89.8 Å². The van der Waals surface area contributed by atoms with Crippen LogP contribution in [0.15, 0.2) is 6.20 Å². The zero-order valence-corrected chi connectivity index (χ0v) is 9.47. The molecule has 80 valence electrons. The Morgan fingerprint density at radius 3 is 2.86 bits per heavy atom. The van der Waals surface area contributed by atoms with E-state index in [0.29, 0.717) is 12.5 Å². The number of hydrogen-bond donors (Lipinski definition) is 1. The Kier molecular flexibility index (Phi) is 4.98. The van der Waals surface area contributed by atoms with Gasteiger partial charge in [-0.05, 0) is 13.3 Å². The average Bonchev–Trinajstić information content (AvgIpc) is 2.65. The van der Waals surface area contributed by atoms with Crippen LogP contribution in [0.1, 0.15) is 44.3 Å². The van der Waals surface area contributed by atoms with Crippen molar-refractivity contribution in [2.45, 2.75) is 38.7 Å². The molecular weight excluding hydrogens is 200 g/mol. The van der Waals surface area contributed by atoms with E-state index in [-0.39, 0.29) is 6.10 Å². The minimum atomic E-state index is 0.0852. The van der Waals surface area contributed by atoms with Crippen LogP contribution in [0.25, 0.3) is 0 Å². The predicted molar refractivity (Wildman–Crippen MR) is 57.4 cm³/mol. The van der Waals surface area contributed by atoms with Crippen molar-refractivity contribution >= 4 is 11.6 Å². The second-order valence-corrected chi connectivity index (χ2v) is 3.43. The summed E-state index contributed by atoms with van der Waals surface area (Å²) in [6.45, 7) is 4.84. The molecule has 4 heteroatoms. The molecule has 1 aromatic rings. The molecule has 1 heterocycles. The molecule has 3 nitrogen and oxygen atoms in total. The molecule has 0 amide bonds. The van der Waals surface area contributed by atoms with Crippen LogP contribution in [-0.2, 0) is 10.6 Å². The molecule has 1 atom stereocenters. The van der Waals surface area contributed by atoms with Crippen molar-refractivity contribution in [1.29, 1.82) is 0 Å². The molecule has 1 rings (SSSR count). The molecule has 0 aliphatic heterocycles. The van der Waals surface area contributed by atoms with Crippen molar-refractivity contribution in [2.24, 2.45) is 0 Å². The van der Waals surface area contributed by atoms with Gasteiger partial charge in [-0.1, -0.05) is 13.3 Å². The summed E-state index contributed by atoms with van der Waals surface area (Å²) in [7, 11) is 0. The highest BCUT2D eigenvalue weighted by Crippen LogP contribution is 2.20. The Morgan fingerprint density at radius 1 is 1.57 bits per heavy atom. The first-order valence-electron chi connectivity index (χ1n) is 5.03. The van der Waals surface area contributed by atoms with E-state index in [4.69, 9.17) is 16.3 Å². The summed E-state index contributed by atoms with van der Waals surface area (Å²) in [5, 5.41) is 0. The monoisotopic (exact) mass is 216 g/mol. The van der Waals surface area contributed by atoms with Crippen LogP contribution < -0.4 is 0 Å². The van der Waals surface area contributed by atoms with Gasteiger partial charge in [0.15, 0.2) is 0 Å². The molecule has 0 radical (unpaired) electrons. The SMILES string of the molecule is CCCC(OCC)c1ncc(CCl)[nH]1. The first-order chi connectivity index (χ1) is 6.81. The Hall–Kier alpha value is -0.540. The normalized spacial score (nSPS) is 13.1. The Morgan fingerprint density at radius 2 is 2.36 bits per heavy atom. The standard InChI is InChI=1S/C10H17ClN2O/c1-3-5-9(14-4-2)10-12-7-8(6-11)13-10/h7,9H,3-6H2,1-2H3,(H,12,13). The maximum absolute atomic E-state index is 5.69. The fraction of sp³-hybridized carbons (Fsp3) is 0.700. The number of rotatable bonds is 6. The summed E-state index contributed by atoms with van der Waals surface area (Å²) < 4.78 is 5.59. The van der Waals surface area contributed by atoms with E-state index in [0.717, 1.165) is 24.4 Å². The maximum Gasteiger partial charge on any atom is 0.135 e. The molecule has 0 aliphatic rings. The van der Waals surface area contributed by atoms with Gasteiger partial charge in [0.25, 0.3) is 0 Å². The van der Waals surface area contributed by atoms with Gasteiger partial charge >= 0.3 is 0 Å². The summed E-state index contributed by atoms with van der Waals surface area (Å²) in [6.07, 6.45) is 3.93. The van der Waals surface area contributed by atoms with Gasteiger partial charge in [0.05, 0.1) is 5.88 Å². The average molecular weight is 217 g/mol. The highest BCUT2D eigenvalue weighted by atomic mass is 35.5. The Bertz CT molecular complexity index is 256. The lowest BCUT2D eigenvalue weighted by Crippen LogP contribution is -2.06. The van der Waals surface area contributed by atoms with E-state index in [1.807, 2.05) is 6.92 Å². The number of imidazole rings is 1. The topological polar surface area (TPSA) is 37.9 Å². The van der Waals surface area contributed by atoms with Gasteiger partial charge in [0.2, 0.25) is 0 Å². The highest BCUT2D eigenvalue weighted by Gasteiger charge is 2.13. The van der Waals surface area contributed by atoms with Gasteiger partial charge < -0.3 is 9.72 Å². The summed E-state index contributed by atoms with van der Waals surface area (Å²) >= 11 is 5.69. The fourth-order valence-electron chi connectivity index (χ4n) is 1.37. The molecular formula is C10H17ClN2O. The highest BCUT2D eigenvalue weighted by molar-refractivity contribution is 6.16. The third-order valence-corrected chi connectivity index (χ3v) is 2.30. The van der Waals surface area contributed by atoms with Crippen LogP contribution in [0.3, 0.4) is 0 Å². The maximum atomic E-state index is 5.69. The zero-order valence-electron chi connectivity index (χ0n) is 8.72. The number of alkyl halides is 1. The smallest absolute Gasteiger partial charge is 0.135 e. The van der Waals surface area contributed by atoms with E-state index >= 15 is 0 Å².